The van der Waals surface area contributed by atoms with Gasteiger partial charge in [-0.1, -0.05) is 23.7 Å². The van der Waals surface area contributed by atoms with E-state index in [4.69, 9.17) is 11.6 Å². The van der Waals surface area contributed by atoms with Crippen molar-refractivity contribution in [2.24, 2.45) is 0 Å². The zero-order chi connectivity index (χ0) is 22.2. The number of piperazine rings is 1. The average molecular weight is 454 g/mol. The molecule has 0 aromatic heterocycles. The monoisotopic (exact) mass is 453 g/mol. The minimum atomic E-state index is -2.89. The van der Waals surface area contributed by atoms with Crippen molar-refractivity contribution in [3.8, 4) is 0 Å². The minimum Gasteiger partial charge on any atom is -0.345 e. The lowest BCUT2D eigenvalue weighted by Crippen LogP contribution is -2.64. The number of amides is 1. The molecule has 31 heavy (non-hydrogen) atoms. The lowest BCUT2D eigenvalue weighted by molar-refractivity contribution is -0.133. The number of rotatable bonds is 6. The highest BCUT2D eigenvalue weighted by Gasteiger charge is 2.49. The number of benzene rings is 1. The van der Waals surface area contributed by atoms with Crippen LogP contribution in [0.15, 0.2) is 18.2 Å². The fourth-order valence-corrected chi connectivity index (χ4v) is 5.64. The molecular formula is C24H34ClF2N3O. The van der Waals surface area contributed by atoms with Crippen LogP contribution < -0.4 is 5.32 Å². The molecule has 3 aliphatic rings. The summed E-state index contributed by atoms with van der Waals surface area (Å²) in [7, 11) is 0. The smallest absolute Gasteiger partial charge is 0.269 e. The van der Waals surface area contributed by atoms with Gasteiger partial charge in [0.25, 0.3) is 5.92 Å². The van der Waals surface area contributed by atoms with Gasteiger partial charge in [0.05, 0.1) is 6.42 Å². The fourth-order valence-electron chi connectivity index (χ4n) is 5.29. The SMILES string of the molecule is CC(C)N1CCN([C@H]2CCCC(F)(F)[C@@H]2NC(=O)Cc2cccc(Cl)c2C2CC2)CC1. The number of nitrogens with zero attached hydrogens (tertiary/aromatic N) is 2. The molecule has 7 heteroatoms. The summed E-state index contributed by atoms with van der Waals surface area (Å²) in [6.07, 6.45) is 3.28. The average Bonchev–Trinajstić information content (AvgIpc) is 3.54. The summed E-state index contributed by atoms with van der Waals surface area (Å²) in [4.78, 5) is 17.5. The van der Waals surface area contributed by atoms with Gasteiger partial charge in [-0.2, -0.15) is 0 Å². The van der Waals surface area contributed by atoms with E-state index in [1.165, 1.54) is 0 Å². The van der Waals surface area contributed by atoms with Crippen molar-refractivity contribution in [3.05, 3.63) is 34.3 Å². The van der Waals surface area contributed by atoms with Crippen LogP contribution in [0.3, 0.4) is 0 Å². The van der Waals surface area contributed by atoms with E-state index in [2.05, 4.69) is 29.0 Å². The van der Waals surface area contributed by atoms with Crippen molar-refractivity contribution in [2.75, 3.05) is 26.2 Å². The van der Waals surface area contributed by atoms with E-state index in [0.29, 0.717) is 29.8 Å². The summed E-state index contributed by atoms with van der Waals surface area (Å²) >= 11 is 6.38. The molecule has 1 aliphatic heterocycles. The molecule has 1 heterocycles. The van der Waals surface area contributed by atoms with Crippen molar-refractivity contribution in [3.63, 3.8) is 0 Å². The molecular weight excluding hydrogens is 420 g/mol. The lowest BCUT2D eigenvalue weighted by Gasteiger charge is -2.47. The largest absolute Gasteiger partial charge is 0.345 e. The Kier molecular flexibility index (Phi) is 6.90. The molecule has 2 saturated carbocycles. The van der Waals surface area contributed by atoms with Crippen LogP contribution in [0.25, 0.3) is 0 Å². The van der Waals surface area contributed by atoms with Crippen molar-refractivity contribution >= 4 is 17.5 Å². The molecule has 1 N–H and O–H groups in total. The number of carbonyl (C=O) groups is 1. The first-order chi connectivity index (χ1) is 14.8. The maximum Gasteiger partial charge on any atom is 0.269 e. The Bertz CT molecular complexity index is 791. The summed E-state index contributed by atoms with van der Waals surface area (Å²) in [6, 6.07) is 4.60. The molecule has 4 rings (SSSR count). The highest BCUT2D eigenvalue weighted by molar-refractivity contribution is 6.31. The fraction of sp³-hybridized carbons (Fsp3) is 0.708. The quantitative estimate of drug-likeness (QED) is 0.690. The van der Waals surface area contributed by atoms with Gasteiger partial charge < -0.3 is 5.32 Å². The first kappa shape index (κ1) is 22.9. The third-order valence-electron chi connectivity index (χ3n) is 7.19. The number of halogens is 3. The van der Waals surface area contributed by atoms with Crippen LogP contribution in [0, 0.1) is 0 Å². The van der Waals surface area contributed by atoms with Gasteiger partial charge in [-0.05, 0) is 62.6 Å². The Morgan fingerprint density at radius 1 is 1.19 bits per heavy atom. The van der Waals surface area contributed by atoms with Crippen LogP contribution >= 0.6 is 11.6 Å². The third-order valence-corrected chi connectivity index (χ3v) is 7.52. The number of nitrogens with one attached hydrogen (secondary N) is 1. The summed E-state index contributed by atoms with van der Waals surface area (Å²) in [5, 5.41) is 3.44. The van der Waals surface area contributed by atoms with Gasteiger partial charge in [0, 0.05) is 49.7 Å². The normalized spacial score (nSPS) is 27.4. The predicted molar refractivity (Wildman–Crippen MR) is 120 cm³/mol. The third kappa shape index (κ3) is 5.23. The van der Waals surface area contributed by atoms with Gasteiger partial charge in [0.2, 0.25) is 5.91 Å². The van der Waals surface area contributed by atoms with E-state index < -0.39 is 12.0 Å². The maximum absolute atomic E-state index is 15.0. The van der Waals surface area contributed by atoms with Gasteiger partial charge in [0.1, 0.15) is 6.04 Å². The Balaban J connectivity index is 1.45. The molecule has 1 saturated heterocycles. The molecule has 172 valence electrons. The first-order valence-corrected chi connectivity index (χ1v) is 12.1. The second kappa shape index (κ2) is 9.32. The zero-order valence-electron chi connectivity index (χ0n) is 18.5. The van der Waals surface area contributed by atoms with Gasteiger partial charge in [-0.3, -0.25) is 14.6 Å². The molecule has 1 aromatic rings. The second-order valence-corrected chi connectivity index (χ2v) is 10.1. The number of alkyl halides is 2. The van der Waals surface area contributed by atoms with Gasteiger partial charge in [0.15, 0.2) is 0 Å². The van der Waals surface area contributed by atoms with Gasteiger partial charge >= 0.3 is 0 Å². The highest BCUT2D eigenvalue weighted by atomic mass is 35.5. The molecule has 2 atom stereocenters. The Morgan fingerprint density at radius 2 is 1.90 bits per heavy atom. The minimum absolute atomic E-state index is 0.104. The van der Waals surface area contributed by atoms with Gasteiger partial charge in [-0.25, -0.2) is 8.78 Å². The Hall–Kier alpha value is -1.24. The topological polar surface area (TPSA) is 35.6 Å². The summed E-state index contributed by atoms with van der Waals surface area (Å²) in [5.41, 5.74) is 1.89. The Labute approximate surface area is 189 Å². The molecule has 2 aliphatic carbocycles. The highest BCUT2D eigenvalue weighted by Crippen LogP contribution is 2.45. The molecule has 0 unspecified atom stereocenters. The molecule has 0 bridgehead atoms. The van der Waals surface area contributed by atoms with Crippen LogP contribution in [0.1, 0.15) is 63.0 Å². The second-order valence-electron chi connectivity index (χ2n) is 9.70. The van der Waals surface area contributed by atoms with E-state index >= 15 is 0 Å². The van der Waals surface area contributed by atoms with Crippen LogP contribution in [-0.4, -0.2) is 65.9 Å². The predicted octanol–water partition coefficient (Wildman–Crippen LogP) is 4.46. The maximum atomic E-state index is 15.0. The molecule has 4 nitrogen and oxygen atoms in total. The Morgan fingerprint density at radius 3 is 2.55 bits per heavy atom. The summed E-state index contributed by atoms with van der Waals surface area (Å²) in [5.74, 6) is -2.82. The molecule has 1 aromatic carbocycles. The summed E-state index contributed by atoms with van der Waals surface area (Å²) < 4.78 is 30.0. The van der Waals surface area contributed by atoms with Crippen molar-refractivity contribution in [2.45, 2.75) is 82.3 Å². The van der Waals surface area contributed by atoms with Crippen LogP contribution in [-0.2, 0) is 11.2 Å². The summed E-state index contributed by atoms with van der Waals surface area (Å²) in [6.45, 7) is 7.64. The van der Waals surface area contributed by atoms with Crippen LogP contribution in [0.5, 0.6) is 0 Å². The van der Waals surface area contributed by atoms with Crippen molar-refractivity contribution in [1.29, 1.82) is 0 Å². The van der Waals surface area contributed by atoms with E-state index in [9.17, 15) is 13.6 Å². The van der Waals surface area contributed by atoms with Gasteiger partial charge in [-0.15, -0.1) is 0 Å². The van der Waals surface area contributed by atoms with E-state index in [1.807, 2.05) is 18.2 Å². The lowest BCUT2D eigenvalue weighted by atomic mass is 9.85. The number of carbonyl (C=O) groups excluding carboxylic acids is 1. The van der Waals surface area contributed by atoms with Crippen LogP contribution in [0.2, 0.25) is 5.02 Å². The standard InChI is InChI=1S/C24H34ClF2N3O/c1-16(2)29-11-13-30(14-12-29)20-7-4-10-24(26,27)23(20)28-21(31)15-18-5-3-6-19(25)22(18)17-8-9-17/h3,5-6,16-17,20,23H,4,7-15H2,1-2H3,(H,28,31)/t20-,23+/m0/s1. The van der Waals surface area contributed by atoms with E-state index in [1.54, 1.807) is 0 Å². The number of hydrogen-bond donors (Lipinski definition) is 1. The molecule has 0 radical (unpaired) electrons. The van der Waals surface area contributed by atoms with Crippen molar-refractivity contribution in [1.82, 2.24) is 15.1 Å². The molecule has 0 spiro atoms. The number of hydrogen-bond acceptors (Lipinski definition) is 3. The van der Waals surface area contributed by atoms with E-state index in [0.717, 1.165) is 50.1 Å². The molecule has 3 fully saturated rings. The van der Waals surface area contributed by atoms with Crippen LogP contribution in [0.4, 0.5) is 8.78 Å². The zero-order valence-corrected chi connectivity index (χ0v) is 19.3. The van der Waals surface area contributed by atoms with Crippen molar-refractivity contribution < 1.29 is 13.6 Å². The molecule has 1 amide bonds. The van der Waals surface area contributed by atoms with E-state index in [-0.39, 0.29) is 24.8 Å². The first-order valence-electron chi connectivity index (χ1n) is 11.7.